The number of halogens is 2. The van der Waals surface area contributed by atoms with Crippen LogP contribution in [-0.4, -0.2) is 18.7 Å². The maximum atomic E-state index is 14.0. The fraction of sp³-hybridized carbons (Fsp3) is 0.235. The molecule has 0 fully saturated rings. The van der Waals surface area contributed by atoms with Gasteiger partial charge in [0.05, 0.1) is 0 Å². The molecule has 2 heterocycles. The van der Waals surface area contributed by atoms with Gasteiger partial charge in [-0.05, 0) is 12.1 Å². The van der Waals surface area contributed by atoms with Crippen molar-refractivity contribution >= 4 is 34.5 Å². The van der Waals surface area contributed by atoms with E-state index in [1.165, 1.54) is 35.5 Å². The van der Waals surface area contributed by atoms with Crippen LogP contribution in [0.2, 0.25) is 5.02 Å². The first kappa shape index (κ1) is 18.5. The fourth-order valence-corrected chi connectivity index (χ4v) is 3.99. The third-order valence-electron chi connectivity index (χ3n) is 4.03. The van der Waals surface area contributed by atoms with Crippen LogP contribution in [0.25, 0.3) is 11.2 Å². The SMILES string of the molecule is C=CCn1c(SCc2c(F)cccc2Cl)nc2c1c(=O)n(C)c(=O)n2C. The zero-order chi connectivity index (χ0) is 19.0. The summed E-state index contributed by atoms with van der Waals surface area (Å²) in [6, 6.07) is 4.50. The smallest absolute Gasteiger partial charge is 0.309 e. The standard InChI is InChI=1S/C17H16ClFN4O2S/c1-4-8-23-13-14(21(2)17(25)22(3)15(13)24)20-16(23)26-9-10-11(18)6-5-7-12(10)19/h4-7H,1,8-9H2,2-3H3. The van der Waals surface area contributed by atoms with Crippen LogP contribution in [0.4, 0.5) is 4.39 Å². The lowest BCUT2D eigenvalue weighted by Gasteiger charge is -2.08. The van der Waals surface area contributed by atoms with Crippen molar-refractivity contribution in [3.8, 4) is 0 Å². The van der Waals surface area contributed by atoms with Gasteiger partial charge in [0.1, 0.15) is 5.82 Å². The highest BCUT2D eigenvalue weighted by Crippen LogP contribution is 2.29. The molecule has 26 heavy (non-hydrogen) atoms. The summed E-state index contributed by atoms with van der Waals surface area (Å²) >= 11 is 7.31. The number of hydrogen-bond donors (Lipinski definition) is 0. The molecule has 6 nitrogen and oxygen atoms in total. The van der Waals surface area contributed by atoms with E-state index in [0.717, 1.165) is 4.57 Å². The van der Waals surface area contributed by atoms with Crippen molar-refractivity contribution in [2.24, 2.45) is 14.1 Å². The predicted octanol–water partition coefficient (Wildman–Crippen LogP) is 2.70. The normalized spacial score (nSPS) is 11.2. The molecule has 0 saturated heterocycles. The highest BCUT2D eigenvalue weighted by molar-refractivity contribution is 7.98. The first-order valence-corrected chi connectivity index (χ1v) is 9.06. The zero-order valence-corrected chi connectivity index (χ0v) is 15.8. The van der Waals surface area contributed by atoms with Gasteiger partial charge >= 0.3 is 5.69 Å². The summed E-state index contributed by atoms with van der Waals surface area (Å²) in [5.41, 5.74) is 0.0459. The average Bonchev–Trinajstić information content (AvgIpc) is 2.97. The van der Waals surface area contributed by atoms with Gasteiger partial charge in [0.15, 0.2) is 16.3 Å². The molecule has 136 valence electrons. The lowest BCUT2D eigenvalue weighted by atomic mass is 10.2. The minimum atomic E-state index is -0.459. The van der Waals surface area contributed by atoms with E-state index in [-0.39, 0.29) is 11.4 Å². The van der Waals surface area contributed by atoms with E-state index in [0.29, 0.717) is 27.8 Å². The molecule has 0 bridgehead atoms. The number of allylic oxidation sites excluding steroid dienone is 1. The maximum Gasteiger partial charge on any atom is 0.332 e. The Balaban J connectivity index is 2.14. The first-order chi connectivity index (χ1) is 12.4. The van der Waals surface area contributed by atoms with Crippen LogP contribution < -0.4 is 11.2 Å². The molecule has 1 aromatic carbocycles. The molecule has 2 aromatic heterocycles. The number of aromatic nitrogens is 4. The summed E-state index contributed by atoms with van der Waals surface area (Å²) in [4.78, 5) is 29.1. The van der Waals surface area contributed by atoms with Crippen molar-refractivity contribution in [2.45, 2.75) is 17.5 Å². The van der Waals surface area contributed by atoms with Crippen molar-refractivity contribution in [3.05, 3.63) is 68.1 Å². The topological polar surface area (TPSA) is 61.8 Å². The summed E-state index contributed by atoms with van der Waals surface area (Å²) in [7, 11) is 2.97. The van der Waals surface area contributed by atoms with Gasteiger partial charge in [-0.25, -0.2) is 14.2 Å². The Morgan fingerprint density at radius 3 is 2.69 bits per heavy atom. The van der Waals surface area contributed by atoms with Crippen LogP contribution >= 0.6 is 23.4 Å². The van der Waals surface area contributed by atoms with E-state index < -0.39 is 17.1 Å². The summed E-state index contributed by atoms with van der Waals surface area (Å²) in [5, 5.41) is 0.810. The van der Waals surface area contributed by atoms with Gasteiger partial charge in [0, 0.05) is 37.0 Å². The van der Waals surface area contributed by atoms with E-state index in [4.69, 9.17) is 11.6 Å². The third kappa shape index (κ3) is 2.99. The lowest BCUT2D eigenvalue weighted by Crippen LogP contribution is -2.37. The Kier molecular flexibility index (Phi) is 5.06. The molecule has 0 aliphatic heterocycles. The Morgan fingerprint density at radius 1 is 1.31 bits per heavy atom. The number of benzene rings is 1. The second-order valence-corrected chi connectivity index (χ2v) is 7.01. The molecule has 9 heteroatoms. The number of aryl methyl sites for hydroxylation is 1. The molecular weight excluding hydrogens is 379 g/mol. The molecule has 3 rings (SSSR count). The van der Waals surface area contributed by atoms with Gasteiger partial charge in [-0.2, -0.15) is 0 Å². The van der Waals surface area contributed by atoms with E-state index in [9.17, 15) is 14.0 Å². The average molecular weight is 395 g/mol. The molecule has 0 saturated carbocycles. The van der Waals surface area contributed by atoms with E-state index >= 15 is 0 Å². The number of rotatable bonds is 5. The molecule has 0 unspecified atom stereocenters. The highest BCUT2D eigenvalue weighted by Gasteiger charge is 2.19. The Morgan fingerprint density at radius 2 is 2.04 bits per heavy atom. The maximum absolute atomic E-state index is 14.0. The minimum Gasteiger partial charge on any atom is -0.309 e. The largest absolute Gasteiger partial charge is 0.332 e. The molecule has 0 aliphatic carbocycles. The van der Waals surface area contributed by atoms with Gasteiger partial charge in [0.25, 0.3) is 5.56 Å². The van der Waals surface area contributed by atoms with E-state index in [1.54, 1.807) is 23.8 Å². The van der Waals surface area contributed by atoms with Crippen LogP contribution in [-0.2, 0) is 26.4 Å². The van der Waals surface area contributed by atoms with Crippen molar-refractivity contribution < 1.29 is 4.39 Å². The van der Waals surface area contributed by atoms with Gasteiger partial charge in [0.2, 0.25) is 0 Å². The molecule has 0 aliphatic rings. The molecular formula is C17H16ClFN4O2S. The zero-order valence-electron chi connectivity index (χ0n) is 14.2. The second kappa shape index (κ2) is 7.13. The molecule has 0 N–H and O–H groups in total. The molecule has 0 spiro atoms. The molecule has 0 amide bonds. The van der Waals surface area contributed by atoms with Gasteiger partial charge in [-0.15, -0.1) is 6.58 Å². The van der Waals surface area contributed by atoms with E-state index in [2.05, 4.69) is 11.6 Å². The molecule has 0 atom stereocenters. The number of imidazole rings is 1. The fourth-order valence-electron chi connectivity index (χ4n) is 2.64. The van der Waals surface area contributed by atoms with Crippen molar-refractivity contribution in [3.63, 3.8) is 0 Å². The summed E-state index contributed by atoms with van der Waals surface area (Å²) in [6.07, 6.45) is 1.63. The lowest BCUT2D eigenvalue weighted by molar-refractivity contribution is 0.617. The Hall–Kier alpha value is -2.32. The summed E-state index contributed by atoms with van der Waals surface area (Å²) in [5.74, 6) is -0.167. The van der Waals surface area contributed by atoms with Crippen molar-refractivity contribution in [2.75, 3.05) is 0 Å². The third-order valence-corrected chi connectivity index (χ3v) is 5.39. The van der Waals surface area contributed by atoms with Crippen LogP contribution in [0.5, 0.6) is 0 Å². The monoisotopic (exact) mass is 394 g/mol. The van der Waals surface area contributed by atoms with Crippen LogP contribution in [0.3, 0.4) is 0 Å². The van der Waals surface area contributed by atoms with Crippen LogP contribution in [0.15, 0.2) is 45.6 Å². The first-order valence-electron chi connectivity index (χ1n) is 7.69. The summed E-state index contributed by atoms with van der Waals surface area (Å²) in [6.45, 7) is 4.04. The van der Waals surface area contributed by atoms with Gasteiger partial charge < -0.3 is 4.57 Å². The van der Waals surface area contributed by atoms with Crippen molar-refractivity contribution in [1.29, 1.82) is 0 Å². The predicted molar refractivity (Wildman–Crippen MR) is 101 cm³/mol. The number of nitrogens with zero attached hydrogens (tertiary/aromatic N) is 4. The van der Waals surface area contributed by atoms with Crippen molar-refractivity contribution in [1.82, 2.24) is 18.7 Å². The van der Waals surface area contributed by atoms with Gasteiger partial charge in [-0.3, -0.25) is 13.9 Å². The van der Waals surface area contributed by atoms with Crippen LogP contribution in [0, 0.1) is 5.82 Å². The molecule has 0 radical (unpaired) electrons. The van der Waals surface area contributed by atoms with Gasteiger partial charge in [-0.1, -0.05) is 35.5 Å². The Labute approximate surface area is 157 Å². The van der Waals surface area contributed by atoms with Crippen LogP contribution in [0.1, 0.15) is 5.56 Å². The number of thioether (sulfide) groups is 1. The molecule has 3 aromatic rings. The number of fused-ring (bicyclic) bond motifs is 1. The minimum absolute atomic E-state index is 0.236. The second-order valence-electron chi connectivity index (χ2n) is 5.66. The summed E-state index contributed by atoms with van der Waals surface area (Å²) < 4.78 is 18.0. The van der Waals surface area contributed by atoms with E-state index in [1.807, 2.05) is 0 Å². The number of hydrogen-bond acceptors (Lipinski definition) is 4. The quantitative estimate of drug-likeness (QED) is 0.493. The highest BCUT2D eigenvalue weighted by atomic mass is 35.5. The Bertz CT molecular complexity index is 1110.